The van der Waals surface area contributed by atoms with Crippen LogP contribution < -0.4 is 14.8 Å². The normalized spacial score (nSPS) is 23.1. The van der Waals surface area contributed by atoms with Crippen molar-refractivity contribution in [2.75, 3.05) is 20.8 Å². The average molecular weight is 263 g/mol. The van der Waals surface area contributed by atoms with Crippen LogP contribution in [-0.4, -0.2) is 26.8 Å². The fraction of sp³-hybridized carbons (Fsp3) is 0.625. The van der Waals surface area contributed by atoms with E-state index in [1.165, 1.54) is 18.4 Å². The maximum absolute atomic E-state index is 5.43. The Morgan fingerprint density at radius 1 is 1.26 bits per heavy atom. The van der Waals surface area contributed by atoms with Crippen LogP contribution in [0.5, 0.6) is 11.5 Å². The smallest absolute Gasteiger partial charge is 0.122 e. The summed E-state index contributed by atoms with van der Waals surface area (Å²) in [6.45, 7) is 3.50. The third-order valence-corrected chi connectivity index (χ3v) is 4.01. The number of hydrogen-bond acceptors (Lipinski definition) is 3. The van der Waals surface area contributed by atoms with Gasteiger partial charge >= 0.3 is 0 Å². The van der Waals surface area contributed by atoms with Gasteiger partial charge in [-0.1, -0.05) is 6.92 Å². The van der Waals surface area contributed by atoms with E-state index in [0.29, 0.717) is 6.04 Å². The molecule has 1 heterocycles. The van der Waals surface area contributed by atoms with Crippen LogP contribution in [0.1, 0.15) is 31.7 Å². The van der Waals surface area contributed by atoms with Crippen LogP contribution in [0, 0.1) is 5.92 Å². The van der Waals surface area contributed by atoms with Crippen molar-refractivity contribution >= 4 is 0 Å². The summed E-state index contributed by atoms with van der Waals surface area (Å²) in [5.41, 5.74) is 1.24. The minimum absolute atomic E-state index is 0.639. The summed E-state index contributed by atoms with van der Waals surface area (Å²) in [5.74, 6) is 2.71. The van der Waals surface area contributed by atoms with E-state index in [4.69, 9.17) is 9.47 Å². The molecule has 2 unspecified atom stereocenters. The van der Waals surface area contributed by atoms with Crippen molar-refractivity contribution in [3.8, 4) is 11.5 Å². The third-order valence-electron chi connectivity index (χ3n) is 4.01. The van der Waals surface area contributed by atoms with E-state index in [2.05, 4.69) is 18.3 Å². The zero-order valence-electron chi connectivity index (χ0n) is 12.2. The summed E-state index contributed by atoms with van der Waals surface area (Å²) < 4.78 is 10.7. The first-order valence-corrected chi connectivity index (χ1v) is 7.17. The number of methoxy groups -OCH3 is 2. The van der Waals surface area contributed by atoms with Gasteiger partial charge < -0.3 is 14.8 Å². The lowest BCUT2D eigenvalue weighted by Gasteiger charge is -2.28. The fourth-order valence-corrected chi connectivity index (χ4v) is 2.85. The molecule has 1 aliphatic rings. The first kappa shape index (κ1) is 14.2. The molecule has 19 heavy (non-hydrogen) atoms. The maximum atomic E-state index is 5.43. The SMILES string of the molecule is COc1ccc(OC)c(CCC2CC(C)CCN2)c1. The van der Waals surface area contributed by atoms with E-state index >= 15 is 0 Å². The van der Waals surface area contributed by atoms with Gasteiger partial charge in [0, 0.05) is 6.04 Å². The number of aryl methyl sites for hydroxylation is 1. The predicted molar refractivity (Wildman–Crippen MR) is 78.1 cm³/mol. The van der Waals surface area contributed by atoms with Gasteiger partial charge in [-0.25, -0.2) is 0 Å². The zero-order chi connectivity index (χ0) is 13.7. The van der Waals surface area contributed by atoms with Gasteiger partial charge in [-0.3, -0.25) is 0 Å². The lowest BCUT2D eigenvalue weighted by atomic mass is 9.91. The minimum atomic E-state index is 0.639. The number of nitrogens with one attached hydrogen (secondary N) is 1. The summed E-state index contributed by atoms with van der Waals surface area (Å²) in [6, 6.07) is 6.67. The van der Waals surface area contributed by atoms with Crippen molar-refractivity contribution in [1.82, 2.24) is 5.32 Å². The van der Waals surface area contributed by atoms with Crippen LogP contribution in [-0.2, 0) is 6.42 Å². The molecule has 3 heteroatoms. The number of rotatable bonds is 5. The van der Waals surface area contributed by atoms with Gasteiger partial charge in [-0.2, -0.15) is 0 Å². The molecule has 0 spiro atoms. The molecular formula is C16H25NO2. The van der Waals surface area contributed by atoms with Crippen LogP contribution in [0.25, 0.3) is 0 Å². The van der Waals surface area contributed by atoms with Crippen LogP contribution in [0.15, 0.2) is 18.2 Å². The Bertz CT molecular complexity index is 406. The van der Waals surface area contributed by atoms with Crippen LogP contribution in [0.4, 0.5) is 0 Å². The first-order chi connectivity index (χ1) is 9.22. The molecule has 0 amide bonds. The van der Waals surface area contributed by atoms with E-state index in [0.717, 1.165) is 36.8 Å². The lowest BCUT2D eigenvalue weighted by molar-refractivity contribution is 0.307. The molecule has 0 aliphatic carbocycles. The highest BCUT2D eigenvalue weighted by Crippen LogP contribution is 2.26. The van der Waals surface area contributed by atoms with Gasteiger partial charge in [0.1, 0.15) is 11.5 Å². The monoisotopic (exact) mass is 263 g/mol. The van der Waals surface area contributed by atoms with E-state index in [9.17, 15) is 0 Å². The Morgan fingerprint density at radius 3 is 2.79 bits per heavy atom. The summed E-state index contributed by atoms with van der Waals surface area (Å²) in [5, 5.41) is 3.61. The average Bonchev–Trinajstić information content (AvgIpc) is 2.45. The number of hydrogen-bond donors (Lipinski definition) is 1. The molecule has 0 bridgehead atoms. The predicted octanol–water partition coefficient (Wildman–Crippen LogP) is 3.02. The Morgan fingerprint density at radius 2 is 2.11 bits per heavy atom. The van der Waals surface area contributed by atoms with Gasteiger partial charge in [0.2, 0.25) is 0 Å². The van der Waals surface area contributed by atoms with Crippen molar-refractivity contribution < 1.29 is 9.47 Å². The van der Waals surface area contributed by atoms with Crippen molar-refractivity contribution in [2.24, 2.45) is 5.92 Å². The molecule has 1 saturated heterocycles. The highest BCUT2D eigenvalue weighted by atomic mass is 16.5. The quantitative estimate of drug-likeness (QED) is 0.885. The molecule has 1 aromatic rings. The zero-order valence-corrected chi connectivity index (χ0v) is 12.2. The van der Waals surface area contributed by atoms with Gasteiger partial charge in [-0.15, -0.1) is 0 Å². The molecule has 106 valence electrons. The number of ether oxygens (including phenoxy) is 2. The molecule has 1 aromatic carbocycles. The maximum Gasteiger partial charge on any atom is 0.122 e. The number of piperidine rings is 1. The molecule has 2 atom stereocenters. The summed E-state index contributed by atoms with van der Waals surface area (Å²) in [6.07, 6.45) is 4.78. The van der Waals surface area contributed by atoms with Gasteiger partial charge in [0.15, 0.2) is 0 Å². The highest BCUT2D eigenvalue weighted by Gasteiger charge is 2.18. The Labute approximate surface area is 116 Å². The molecule has 0 saturated carbocycles. The van der Waals surface area contributed by atoms with E-state index in [1.54, 1.807) is 14.2 Å². The fourth-order valence-electron chi connectivity index (χ4n) is 2.85. The third kappa shape index (κ3) is 3.87. The van der Waals surface area contributed by atoms with E-state index in [-0.39, 0.29) is 0 Å². The van der Waals surface area contributed by atoms with Crippen LogP contribution in [0.3, 0.4) is 0 Å². The van der Waals surface area contributed by atoms with Crippen LogP contribution >= 0.6 is 0 Å². The topological polar surface area (TPSA) is 30.5 Å². The van der Waals surface area contributed by atoms with Crippen LogP contribution in [0.2, 0.25) is 0 Å². The molecule has 1 N–H and O–H groups in total. The number of benzene rings is 1. The van der Waals surface area contributed by atoms with Gasteiger partial charge in [-0.05, 0) is 61.9 Å². The summed E-state index contributed by atoms with van der Waals surface area (Å²) >= 11 is 0. The second kappa shape index (κ2) is 6.80. The van der Waals surface area contributed by atoms with Crippen molar-refractivity contribution in [3.05, 3.63) is 23.8 Å². The molecule has 3 nitrogen and oxygen atoms in total. The second-order valence-corrected chi connectivity index (χ2v) is 5.50. The molecule has 2 rings (SSSR count). The minimum Gasteiger partial charge on any atom is -0.497 e. The first-order valence-electron chi connectivity index (χ1n) is 7.17. The molecular weight excluding hydrogens is 238 g/mol. The van der Waals surface area contributed by atoms with Crippen molar-refractivity contribution in [1.29, 1.82) is 0 Å². The van der Waals surface area contributed by atoms with E-state index < -0.39 is 0 Å². The summed E-state index contributed by atoms with van der Waals surface area (Å²) in [7, 11) is 3.43. The van der Waals surface area contributed by atoms with Crippen molar-refractivity contribution in [3.63, 3.8) is 0 Å². The largest absolute Gasteiger partial charge is 0.497 e. The molecule has 0 radical (unpaired) electrons. The lowest BCUT2D eigenvalue weighted by Crippen LogP contribution is -2.37. The van der Waals surface area contributed by atoms with E-state index in [1.807, 2.05) is 12.1 Å². The second-order valence-electron chi connectivity index (χ2n) is 5.50. The highest BCUT2D eigenvalue weighted by molar-refractivity contribution is 5.40. The Balaban J connectivity index is 1.97. The molecule has 1 fully saturated rings. The molecule has 0 aromatic heterocycles. The molecule has 1 aliphatic heterocycles. The Hall–Kier alpha value is -1.22. The van der Waals surface area contributed by atoms with Crippen molar-refractivity contribution in [2.45, 2.75) is 38.6 Å². The van der Waals surface area contributed by atoms with Gasteiger partial charge in [0.25, 0.3) is 0 Å². The summed E-state index contributed by atoms with van der Waals surface area (Å²) in [4.78, 5) is 0. The van der Waals surface area contributed by atoms with Gasteiger partial charge in [0.05, 0.1) is 14.2 Å². The Kier molecular flexibility index (Phi) is 5.08. The standard InChI is InChI=1S/C16H25NO2/c1-12-8-9-17-14(10-12)5-4-13-11-15(18-2)6-7-16(13)19-3/h6-7,11-12,14,17H,4-5,8-10H2,1-3H3.